The first-order chi connectivity index (χ1) is 15.2. The lowest BCUT2D eigenvalue weighted by atomic mass is 9.86. The summed E-state index contributed by atoms with van der Waals surface area (Å²) in [6, 6.07) is 13.3. The topological polar surface area (TPSA) is 59.8 Å². The van der Waals surface area contributed by atoms with Crippen LogP contribution in [-0.2, 0) is 10.2 Å². The van der Waals surface area contributed by atoms with Crippen molar-refractivity contribution in [2.24, 2.45) is 0 Å². The second-order valence-electron chi connectivity index (χ2n) is 10.0. The van der Waals surface area contributed by atoms with Crippen molar-refractivity contribution in [2.75, 3.05) is 13.2 Å². The maximum Gasteiger partial charge on any atom is 0.291 e. The molecule has 32 heavy (non-hydrogen) atoms. The average molecular weight is 432 g/mol. The molecule has 166 valence electrons. The number of aryl methyl sites for hydroxylation is 1. The van der Waals surface area contributed by atoms with E-state index in [2.05, 4.69) is 32.9 Å². The van der Waals surface area contributed by atoms with Gasteiger partial charge in [-0.2, -0.15) is 0 Å². The molecule has 2 atom stereocenters. The van der Waals surface area contributed by atoms with E-state index in [1.165, 1.54) is 5.56 Å². The number of benzene rings is 2. The monoisotopic (exact) mass is 431 g/mol. The first-order valence-electron chi connectivity index (χ1n) is 11.3. The van der Waals surface area contributed by atoms with Crippen molar-refractivity contribution < 1.29 is 13.9 Å². The third-order valence-corrected chi connectivity index (χ3v) is 6.64. The molecule has 5 rings (SSSR count). The summed E-state index contributed by atoms with van der Waals surface area (Å²) in [6.45, 7) is 9.62. The Morgan fingerprint density at radius 2 is 1.81 bits per heavy atom. The Balaban J connectivity index is 1.67. The Hall–Kier alpha value is -2.92. The van der Waals surface area contributed by atoms with Crippen LogP contribution in [-0.4, -0.2) is 30.1 Å². The van der Waals surface area contributed by atoms with Gasteiger partial charge in [0, 0.05) is 13.2 Å². The van der Waals surface area contributed by atoms with Crippen molar-refractivity contribution in [1.29, 1.82) is 0 Å². The van der Waals surface area contributed by atoms with E-state index in [-0.39, 0.29) is 28.6 Å². The van der Waals surface area contributed by atoms with Gasteiger partial charge in [0.1, 0.15) is 5.58 Å². The molecule has 1 saturated heterocycles. The number of ether oxygens (including phenoxy) is 1. The predicted molar refractivity (Wildman–Crippen MR) is 124 cm³/mol. The van der Waals surface area contributed by atoms with Gasteiger partial charge < -0.3 is 14.1 Å². The highest BCUT2D eigenvalue weighted by Gasteiger charge is 2.44. The second kappa shape index (κ2) is 7.59. The van der Waals surface area contributed by atoms with Crippen LogP contribution in [0, 0.1) is 6.92 Å². The highest BCUT2D eigenvalue weighted by atomic mass is 16.5. The summed E-state index contributed by atoms with van der Waals surface area (Å²) in [5.74, 6) is -0.0748. The number of rotatable bonds is 3. The van der Waals surface area contributed by atoms with Crippen LogP contribution in [0.3, 0.4) is 0 Å². The molecule has 0 saturated carbocycles. The molecule has 0 bridgehead atoms. The fraction of sp³-hybridized carbons (Fsp3) is 0.407. The molecule has 0 unspecified atom stereocenters. The molecule has 0 N–H and O–H groups in total. The zero-order valence-electron chi connectivity index (χ0n) is 19.1. The van der Waals surface area contributed by atoms with Crippen molar-refractivity contribution in [3.63, 3.8) is 0 Å². The highest BCUT2D eigenvalue weighted by Crippen LogP contribution is 2.39. The first-order valence-corrected chi connectivity index (χ1v) is 11.3. The average Bonchev–Trinajstić information content (AvgIpc) is 3.36. The minimum atomic E-state index is -0.475. The van der Waals surface area contributed by atoms with Gasteiger partial charge in [-0.3, -0.25) is 9.59 Å². The van der Waals surface area contributed by atoms with Crippen molar-refractivity contribution in [1.82, 2.24) is 4.90 Å². The van der Waals surface area contributed by atoms with Gasteiger partial charge in [0.05, 0.1) is 23.1 Å². The second-order valence-corrected chi connectivity index (χ2v) is 10.0. The number of carbonyl (C=O) groups excluding carboxylic acids is 1. The van der Waals surface area contributed by atoms with Crippen molar-refractivity contribution in [2.45, 2.75) is 58.1 Å². The molecule has 0 spiro atoms. The Bertz CT molecular complexity index is 1240. The Kier molecular flexibility index (Phi) is 4.97. The SMILES string of the molecule is Cc1ccc2oc3c(c(=O)c2c1)[C@H](c1ccc(C(C)(C)C)cc1)N(C[C@@H]1CCCO1)C3=O. The number of hydrogen-bond acceptors (Lipinski definition) is 4. The van der Waals surface area contributed by atoms with Crippen LogP contribution in [0.15, 0.2) is 51.7 Å². The fourth-order valence-corrected chi connectivity index (χ4v) is 4.84. The maximum absolute atomic E-state index is 13.6. The van der Waals surface area contributed by atoms with Gasteiger partial charge in [0.15, 0.2) is 5.43 Å². The molecule has 2 aromatic carbocycles. The van der Waals surface area contributed by atoms with E-state index in [4.69, 9.17) is 9.15 Å². The molecule has 1 aromatic heterocycles. The summed E-state index contributed by atoms with van der Waals surface area (Å²) in [6.07, 6.45) is 1.89. The van der Waals surface area contributed by atoms with Crippen molar-refractivity contribution in [3.05, 3.63) is 80.7 Å². The quantitative estimate of drug-likeness (QED) is 0.577. The molecule has 5 nitrogen and oxygen atoms in total. The Morgan fingerprint density at radius 1 is 1.06 bits per heavy atom. The molecule has 1 amide bonds. The summed E-state index contributed by atoms with van der Waals surface area (Å²) in [7, 11) is 0. The molecule has 3 aromatic rings. The lowest BCUT2D eigenvalue weighted by Gasteiger charge is -2.28. The minimum Gasteiger partial charge on any atom is -0.450 e. The van der Waals surface area contributed by atoms with E-state index in [9.17, 15) is 9.59 Å². The lowest BCUT2D eigenvalue weighted by Crippen LogP contribution is -2.36. The van der Waals surface area contributed by atoms with E-state index in [1.807, 2.05) is 31.2 Å². The van der Waals surface area contributed by atoms with Crippen LogP contribution < -0.4 is 5.43 Å². The first kappa shape index (κ1) is 21.0. The summed E-state index contributed by atoms with van der Waals surface area (Å²) >= 11 is 0. The minimum absolute atomic E-state index is 0.0172. The van der Waals surface area contributed by atoms with Crippen LogP contribution in [0.1, 0.15) is 72.5 Å². The van der Waals surface area contributed by atoms with Gasteiger partial charge in [-0.15, -0.1) is 0 Å². The standard InChI is InChI=1S/C27H29NO4/c1-16-7-12-21-20(14-16)24(29)22-23(17-8-10-18(11-9-17)27(2,3)4)28(26(30)25(22)32-21)15-19-6-5-13-31-19/h7-12,14,19,23H,5-6,13,15H2,1-4H3/t19-,23-/m0/s1. The molecule has 2 aliphatic rings. The van der Waals surface area contributed by atoms with E-state index in [1.54, 1.807) is 11.0 Å². The molecular formula is C27H29NO4. The van der Waals surface area contributed by atoms with Crippen molar-refractivity contribution in [3.8, 4) is 0 Å². The zero-order valence-corrected chi connectivity index (χ0v) is 19.1. The van der Waals surface area contributed by atoms with Crippen molar-refractivity contribution >= 4 is 16.9 Å². The molecule has 5 heteroatoms. The van der Waals surface area contributed by atoms with E-state index in [0.717, 1.165) is 24.0 Å². The van der Waals surface area contributed by atoms with Crippen LogP contribution in [0.25, 0.3) is 11.0 Å². The number of nitrogens with zero attached hydrogens (tertiary/aromatic N) is 1. The molecule has 3 heterocycles. The smallest absolute Gasteiger partial charge is 0.291 e. The Morgan fingerprint density at radius 3 is 2.47 bits per heavy atom. The highest BCUT2D eigenvalue weighted by molar-refractivity contribution is 5.99. The van der Waals surface area contributed by atoms with Crippen LogP contribution in [0.4, 0.5) is 0 Å². The van der Waals surface area contributed by atoms with Crippen LogP contribution in [0.5, 0.6) is 0 Å². The van der Waals surface area contributed by atoms with Gasteiger partial charge in [0.25, 0.3) is 5.91 Å². The summed E-state index contributed by atoms with van der Waals surface area (Å²) in [5, 5.41) is 0.520. The van der Waals surface area contributed by atoms with E-state index < -0.39 is 6.04 Å². The Labute approximate surface area is 188 Å². The van der Waals surface area contributed by atoms with Gasteiger partial charge in [-0.05, 0) is 48.4 Å². The van der Waals surface area contributed by atoms with Crippen LogP contribution in [0.2, 0.25) is 0 Å². The predicted octanol–water partition coefficient (Wildman–Crippen LogP) is 5.12. The molecular weight excluding hydrogens is 402 g/mol. The van der Waals surface area contributed by atoms with E-state index >= 15 is 0 Å². The number of carbonyl (C=O) groups is 1. The summed E-state index contributed by atoms with van der Waals surface area (Å²) < 4.78 is 11.9. The molecule has 0 aliphatic carbocycles. The van der Waals surface area contributed by atoms with Gasteiger partial charge in [0.2, 0.25) is 5.76 Å². The van der Waals surface area contributed by atoms with Gasteiger partial charge in [-0.25, -0.2) is 0 Å². The third kappa shape index (κ3) is 3.45. The van der Waals surface area contributed by atoms with Gasteiger partial charge >= 0.3 is 0 Å². The van der Waals surface area contributed by atoms with Crippen LogP contribution >= 0.6 is 0 Å². The molecule has 0 radical (unpaired) electrons. The summed E-state index contributed by atoms with van der Waals surface area (Å²) in [5.41, 5.74) is 3.89. The van der Waals surface area contributed by atoms with Gasteiger partial charge in [-0.1, -0.05) is 56.7 Å². The number of amides is 1. The normalized spacial score (nSPS) is 20.9. The largest absolute Gasteiger partial charge is 0.450 e. The maximum atomic E-state index is 13.6. The van der Waals surface area contributed by atoms with E-state index in [0.29, 0.717) is 29.7 Å². The lowest BCUT2D eigenvalue weighted by molar-refractivity contribution is 0.0486. The molecule has 2 aliphatic heterocycles. The fourth-order valence-electron chi connectivity index (χ4n) is 4.84. The zero-order chi connectivity index (χ0) is 22.6. The summed E-state index contributed by atoms with van der Waals surface area (Å²) in [4.78, 5) is 28.9. The molecule has 1 fully saturated rings. The third-order valence-electron chi connectivity index (χ3n) is 6.64. The number of hydrogen-bond donors (Lipinski definition) is 0. The number of fused-ring (bicyclic) bond motifs is 2.